The number of carbonyl (C=O) groups excluding carboxylic acids is 2. The molecule has 0 spiro atoms. The summed E-state index contributed by atoms with van der Waals surface area (Å²) < 4.78 is 16.0. The van der Waals surface area contributed by atoms with Gasteiger partial charge in [-0.2, -0.15) is 0 Å². The third-order valence-electron chi connectivity index (χ3n) is 7.15. The zero-order chi connectivity index (χ0) is 28.2. The molecule has 9 heteroatoms. The van der Waals surface area contributed by atoms with Crippen LogP contribution in [0, 0.1) is 12.8 Å². The highest BCUT2D eigenvalue weighted by Crippen LogP contribution is 2.34. The molecule has 2 heterocycles. The van der Waals surface area contributed by atoms with Gasteiger partial charge in [0.25, 0.3) is 0 Å². The van der Waals surface area contributed by atoms with Gasteiger partial charge in [-0.1, -0.05) is 71.4 Å². The number of aryl methyl sites for hydroxylation is 1. The minimum absolute atomic E-state index is 0.0797. The van der Waals surface area contributed by atoms with E-state index in [0.29, 0.717) is 28.7 Å². The van der Waals surface area contributed by atoms with Crippen LogP contribution in [0.25, 0.3) is 22.5 Å². The molecule has 1 aliphatic heterocycles. The van der Waals surface area contributed by atoms with Crippen molar-refractivity contribution in [3.05, 3.63) is 89.1 Å². The van der Waals surface area contributed by atoms with Crippen molar-refractivity contribution < 1.29 is 23.6 Å². The van der Waals surface area contributed by atoms with Gasteiger partial charge in [0.15, 0.2) is 5.76 Å². The van der Waals surface area contributed by atoms with Crippen LogP contribution in [-0.4, -0.2) is 37.4 Å². The van der Waals surface area contributed by atoms with E-state index in [9.17, 15) is 9.59 Å². The molecule has 0 saturated carbocycles. The number of amides is 1. The molecule has 1 N–H and O–H groups in total. The summed E-state index contributed by atoms with van der Waals surface area (Å²) in [5.41, 5.74) is 5.64. The van der Waals surface area contributed by atoms with Crippen molar-refractivity contribution in [2.24, 2.45) is 5.92 Å². The van der Waals surface area contributed by atoms with Crippen molar-refractivity contribution in [2.75, 3.05) is 30.4 Å². The number of nitrogens with zero attached hydrogens (tertiary/aromatic N) is 2. The van der Waals surface area contributed by atoms with E-state index in [1.165, 1.54) is 7.11 Å². The number of methoxy groups -OCH3 is 1. The summed E-state index contributed by atoms with van der Waals surface area (Å²) >= 11 is 6.24. The molecule has 0 bridgehead atoms. The van der Waals surface area contributed by atoms with Gasteiger partial charge in [0.1, 0.15) is 17.5 Å². The van der Waals surface area contributed by atoms with Gasteiger partial charge in [-0.3, -0.25) is 10.1 Å². The van der Waals surface area contributed by atoms with E-state index in [1.807, 2.05) is 42.5 Å². The van der Waals surface area contributed by atoms with Crippen molar-refractivity contribution in [1.82, 2.24) is 5.16 Å². The van der Waals surface area contributed by atoms with Crippen molar-refractivity contribution >= 4 is 35.0 Å². The van der Waals surface area contributed by atoms with Crippen molar-refractivity contribution in [3.8, 4) is 22.5 Å². The fraction of sp³-hybridized carbons (Fsp3) is 0.258. The van der Waals surface area contributed by atoms with Gasteiger partial charge < -0.3 is 18.9 Å². The third-order valence-corrected chi connectivity index (χ3v) is 7.50. The van der Waals surface area contributed by atoms with Gasteiger partial charge in [0.2, 0.25) is 0 Å². The average Bonchev–Trinajstić information content (AvgIpc) is 3.60. The van der Waals surface area contributed by atoms with Crippen LogP contribution in [0.4, 0.5) is 16.2 Å². The van der Waals surface area contributed by atoms with Crippen LogP contribution in [0.2, 0.25) is 5.02 Å². The molecule has 40 heavy (non-hydrogen) atoms. The molecular formula is C31H30ClN3O5. The van der Waals surface area contributed by atoms with Gasteiger partial charge in [0, 0.05) is 34.9 Å². The first-order valence-electron chi connectivity index (χ1n) is 13.1. The van der Waals surface area contributed by atoms with Gasteiger partial charge >= 0.3 is 12.1 Å². The van der Waals surface area contributed by atoms with Crippen LogP contribution in [0.15, 0.2) is 77.3 Å². The Morgan fingerprint density at radius 2 is 1.68 bits per heavy atom. The molecule has 0 aliphatic carbocycles. The number of anilines is 2. The fourth-order valence-electron chi connectivity index (χ4n) is 4.91. The predicted molar refractivity (Wildman–Crippen MR) is 154 cm³/mol. The normalized spacial score (nSPS) is 15.5. The van der Waals surface area contributed by atoms with Gasteiger partial charge in [-0.15, -0.1) is 0 Å². The molecule has 0 radical (unpaired) electrons. The highest BCUT2D eigenvalue weighted by Gasteiger charge is 2.29. The number of rotatable bonds is 7. The standard InChI is InChI=1S/C31H30ClN3O5/c1-19-28(33-31(37)39-20(2)26-6-4-5-7-27(26)32)29(40-34-19)23-10-8-21(9-11-23)22-12-14-25(15-13-22)35-17-16-24(18-35)30(36)38-3/h4-15,20,24H,16-18H2,1-3H3,(H,33,37)/t20-,24+/m1/s1. The lowest BCUT2D eigenvalue weighted by Gasteiger charge is -2.18. The van der Waals surface area contributed by atoms with Gasteiger partial charge in [-0.05, 0) is 49.6 Å². The van der Waals surface area contributed by atoms with Gasteiger partial charge in [0.05, 0.1) is 13.0 Å². The predicted octanol–water partition coefficient (Wildman–Crippen LogP) is 7.28. The number of hydrogen-bond acceptors (Lipinski definition) is 7. The van der Waals surface area contributed by atoms with E-state index in [4.69, 9.17) is 25.6 Å². The fourth-order valence-corrected chi connectivity index (χ4v) is 5.20. The molecule has 4 aromatic rings. The maximum Gasteiger partial charge on any atom is 0.412 e. The minimum atomic E-state index is -0.632. The van der Waals surface area contributed by atoms with Crippen molar-refractivity contribution in [3.63, 3.8) is 0 Å². The number of aromatic nitrogens is 1. The van der Waals surface area contributed by atoms with E-state index in [2.05, 4.69) is 39.6 Å². The minimum Gasteiger partial charge on any atom is -0.469 e. The van der Waals surface area contributed by atoms with Crippen LogP contribution < -0.4 is 10.2 Å². The van der Waals surface area contributed by atoms with Gasteiger partial charge in [-0.25, -0.2) is 4.79 Å². The zero-order valence-corrected chi connectivity index (χ0v) is 23.3. The summed E-state index contributed by atoms with van der Waals surface area (Å²) in [6.45, 7) is 5.01. The maximum atomic E-state index is 12.7. The maximum absolute atomic E-state index is 12.7. The quantitative estimate of drug-likeness (QED) is 0.238. The first kappa shape index (κ1) is 27.3. The van der Waals surface area contributed by atoms with Crippen molar-refractivity contribution in [1.29, 1.82) is 0 Å². The number of carbonyl (C=O) groups is 2. The lowest BCUT2D eigenvalue weighted by atomic mass is 10.0. The van der Waals surface area contributed by atoms with Crippen LogP contribution in [-0.2, 0) is 14.3 Å². The Hall–Kier alpha value is -4.30. The number of ether oxygens (including phenoxy) is 2. The molecule has 8 nitrogen and oxygen atoms in total. The lowest BCUT2D eigenvalue weighted by Crippen LogP contribution is -2.23. The molecule has 1 amide bonds. The Morgan fingerprint density at radius 1 is 1.02 bits per heavy atom. The monoisotopic (exact) mass is 559 g/mol. The summed E-state index contributed by atoms with van der Waals surface area (Å²) in [6.07, 6.45) is -0.373. The SMILES string of the molecule is COC(=O)[C@H]1CCN(c2ccc(-c3ccc(-c4onc(C)c4NC(=O)O[C@H](C)c4ccccc4Cl)cc3)cc2)C1. The summed E-state index contributed by atoms with van der Waals surface area (Å²) in [4.78, 5) is 26.8. The highest BCUT2D eigenvalue weighted by molar-refractivity contribution is 6.31. The molecule has 1 saturated heterocycles. The van der Waals surface area contributed by atoms with E-state index in [-0.39, 0.29) is 11.9 Å². The topological polar surface area (TPSA) is 93.9 Å². The molecule has 2 atom stereocenters. The molecule has 5 rings (SSSR count). The van der Waals surface area contributed by atoms with Crippen LogP contribution in [0.3, 0.4) is 0 Å². The summed E-state index contributed by atoms with van der Waals surface area (Å²) in [7, 11) is 1.43. The van der Waals surface area contributed by atoms with Crippen LogP contribution in [0.1, 0.15) is 30.7 Å². The summed E-state index contributed by atoms with van der Waals surface area (Å²) in [5.74, 6) is 0.211. The molecule has 1 aromatic heterocycles. The van der Waals surface area contributed by atoms with E-state index in [0.717, 1.165) is 40.9 Å². The van der Waals surface area contributed by atoms with E-state index >= 15 is 0 Å². The second kappa shape index (κ2) is 11.8. The van der Waals surface area contributed by atoms with Crippen molar-refractivity contribution in [2.45, 2.75) is 26.4 Å². The third kappa shape index (κ3) is 5.82. The largest absolute Gasteiger partial charge is 0.469 e. The molecular weight excluding hydrogens is 530 g/mol. The Labute approximate surface area is 237 Å². The second-order valence-electron chi connectivity index (χ2n) is 9.75. The number of benzene rings is 3. The van der Waals surface area contributed by atoms with E-state index < -0.39 is 12.2 Å². The number of nitrogens with one attached hydrogen (secondary N) is 1. The number of hydrogen-bond donors (Lipinski definition) is 1. The number of halogens is 1. The van der Waals surface area contributed by atoms with Crippen LogP contribution in [0.5, 0.6) is 0 Å². The Morgan fingerprint density at radius 3 is 2.35 bits per heavy atom. The first-order chi connectivity index (χ1) is 19.3. The average molecular weight is 560 g/mol. The molecule has 1 aliphatic rings. The lowest BCUT2D eigenvalue weighted by molar-refractivity contribution is -0.144. The summed E-state index contributed by atoms with van der Waals surface area (Å²) in [6, 6.07) is 23.3. The Balaban J connectivity index is 1.26. The zero-order valence-electron chi connectivity index (χ0n) is 22.5. The second-order valence-corrected chi connectivity index (χ2v) is 10.2. The molecule has 3 aromatic carbocycles. The molecule has 1 fully saturated rings. The smallest absolute Gasteiger partial charge is 0.412 e. The Kier molecular flexibility index (Phi) is 8.07. The Bertz CT molecular complexity index is 1500. The van der Waals surface area contributed by atoms with Crippen LogP contribution >= 0.6 is 11.6 Å². The number of esters is 1. The van der Waals surface area contributed by atoms with E-state index in [1.54, 1.807) is 19.9 Å². The molecule has 206 valence electrons. The highest BCUT2D eigenvalue weighted by atomic mass is 35.5. The molecule has 0 unspecified atom stereocenters. The summed E-state index contributed by atoms with van der Waals surface area (Å²) in [5, 5.41) is 7.35. The first-order valence-corrected chi connectivity index (χ1v) is 13.4.